The third kappa shape index (κ3) is 5.55. The molecule has 2 fully saturated rings. The fourth-order valence-corrected chi connectivity index (χ4v) is 4.72. The fourth-order valence-electron chi connectivity index (χ4n) is 4.72. The van der Waals surface area contributed by atoms with Crippen molar-refractivity contribution in [2.24, 2.45) is 0 Å². The van der Waals surface area contributed by atoms with Crippen LogP contribution in [-0.2, 0) is 0 Å². The molecule has 4 N–H and O–H groups in total. The Balaban J connectivity index is 1.21. The Morgan fingerprint density at radius 1 is 0.946 bits per heavy atom. The van der Waals surface area contributed by atoms with Crippen LogP contribution >= 0.6 is 0 Å². The number of hydrogen-bond donors (Lipinski definition) is 3. The van der Waals surface area contributed by atoms with Gasteiger partial charge in [0.15, 0.2) is 5.82 Å². The van der Waals surface area contributed by atoms with E-state index in [9.17, 15) is 19.0 Å². The van der Waals surface area contributed by atoms with Crippen molar-refractivity contribution in [2.75, 3.05) is 61.3 Å². The molecular weight excluding hydrogens is 482 g/mol. The molecule has 0 aliphatic carbocycles. The first-order chi connectivity index (χ1) is 17.8. The number of halogens is 2. The number of aliphatic hydroxyl groups excluding tert-OH is 2. The molecule has 2 saturated heterocycles. The van der Waals surface area contributed by atoms with Crippen molar-refractivity contribution in [1.29, 1.82) is 0 Å². The number of nitrogens with zero attached hydrogens (tertiary/aromatic N) is 7. The van der Waals surface area contributed by atoms with Gasteiger partial charge in [-0.25, -0.2) is 13.5 Å². The molecule has 0 radical (unpaired) electrons. The van der Waals surface area contributed by atoms with E-state index in [1.807, 2.05) is 17.9 Å². The van der Waals surface area contributed by atoms with Gasteiger partial charge in [0.05, 0.1) is 24.1 Å². The van der Waals surface area contributed by atoms with Crippen LogP contribution in [0, 0.1) is 18.6 Å². The smallest absolute Gasteiger partial charge is 0.224 e. The minimum Gasteiger partial charge on any atom is -0.389 e. The lowest BCUT2D eigenvalue weighted by Crippen LogP contribution is -2.46. The number of β-amino-alcohol motifs (C(OH)–C–C–N with tert-alkyl or cyclic N) is 2. The third-order valence-electron chi connectivity index (χ3n) is 6.81. The molecule has 1 aromatic carbocycles. The minimum absolute atomic E-state index is 0.0792. The largest absolute Gasteiger partial charge is 0.389 e. The van der Waals surface area contributed by atoms with Gasteiger partial charge in [-0.2, -0.15) is 15.1 Å². The molecule has 0 bridgehead atoms. The predicted octanol–water partition coefficient (Wildman–Crippen LogP) is 1.21. The van der Waals surface area contributed by atoms with Gasteiger partial charge in [0, 0.05) is 69.2 Å². The normalized spacial score (nSPS) is 20.9. The lowest BCUT2D eigenvalue weighted by atomic mass is 10.2. The zero-order valence-electron chi connectivity index (χ0n) is 20.5. The Morgan fingerprint density at radius 2 is 1.59 bits per heavy atom. The summed E-state index contributed by atoms with van der Waals surface area (Å²) >= 11 is 0. The Morgan fingerprint density at radius 3 is 2.27 bits per heavy atom. The second-order valence-corrected chi connectivity index (χ2v) is 9.40. The molecule has 0 saturated carbocycles. The number of anilines is 3. The number of aliphatic hydroxyl groups is 2. The Bertz CT molecular complexity index is 1260. The topological polar surface area (TPSA) is 120 Å². The monoisotopic (exact) mass is 512 g/mol. The van der Waals surface area contributed by atoms with Gasteiger partial charge in [0.1, 0.15) is 17.5 Å². The van der Waals surface area contributed by atoms with Crippen LogP contribution in [0.3, 0.4) is 0 Å². The molecule has 196 valence electrons. The van der Waals surface area contributed by atoms with Crippen molar-refractivity contribution in [3.8, 4) is 5.82 Å². The van der Waals surface area contributed by atoms with E-state index in [0.29, 0.717) is 30.4 Å². The standard InChI is InChI=1S/C25H30F2N8O2/c1-16-17(3-2-4-32-5-7-33(8-6-32)20-10-18(26)9-19(27)11-20)13-29-35(16)24-12-23(30-25(28)31-24)34-14-21(36)22(37)15-34/h2-3,9-13,21-22,36-37H,4-8,14-15H2,1H3,(H2,28,30,31)/t21-,22-/m0/s1. The first-order valence-electron chi connectivity index (χ1n) is 12.2. The molecule has 0 unspecified atom stereocenters. The third-order valence-corrected chi connectivity index (χ3v) is 6.81. The van der Waals surface area contributed by atoms with E-state index in [0.717, 1.165) is 37.0 Å². The maximum Gasteiger partial charge on any atom is 0.224 e. The van der Waals surface area contributed by atoms with Crippen molar-refractivity contribution in [3.63, 3.8) is 0 Å². The first-order valence-corrected chi connectivity index (χ1v) is 12.2. The molecule has 12 heteroatoms. The highest BCUT2D eigenvalue weighted by atomic mass is 19.1. The van der Waals surface area contributed by atoms with E-state index in [2.05, 4.69) is 26.0 Å². The molecule has 3 aromatic rings. The molecule has 0 amide bonds. The number of nitrogen functional groups attached to an aromatic ring is 1. The van der Waals surface area contributed by atoms with Crippen LogP contribution in [0.4, 0.5) is 26.2 Å². The van der Waals surface area contributed by atoms with Crippen LogP contribution < -0.4 is 15.5 Å². The number of benzene rings is 1. The lowest BCUT2D eigenvalue weighted by molar-refractivity contribution is 0.0572. The zero-order valence-corrected chi connectivity index (χ0v) is 20.5. The SMILES string of the molecule is Cc1c(C=CCN2CCN(c3cc(F)cc(F)c3)CC2)cnn1-c1cc(N2C[C@H](O)[C@@H](O)C2)nc(N)n1. The number of rotatable bonds is 6. The minimum atomic E-state index is -0.838. The van der Waals surface area contributed by atoms with E-state index in [-0.39, 0.29) is 19.0 Å². The van der Waals surface area contributed by atoms with Gasteiger partial charge in [0.2, 0.25) is 5.95 Å². The predicted molar refractivity (Wildman–Crippen MR) is 137 cm³/mol. The Kier molecular flexibility index (Phi) is 7.04. The highest BCUT2D eigenvalue weighted by Gasteiger charge is 2.31. The quantitative estimate of drug-likeness (QED) is 0.448. The molecule has 2 aliphatic heterocycles. The summed E-state index contributed by atoms with van der Waals surface area (Å²) in [7, 11) is 0. The molecular formula is C25H30F2N8O2. The van der Waals surface area contributed by atoms with Crippen LogP contribution in [0.1, 0.15) is 11.3 Å². The summed E-state index contributed by atoms with van der Waals surface area (Å²) in [6.07, 6.45) is 4.15. The van der Waals surface area contributed by atoms with Crippen LogP contribution in [0.2, 0.25) is 0 Å². The van der Waals surface area contributed by atoms with Crippen molar-refractivity contribution in [3.05, 3.63) is 59.4 Å². The molecule has 2 aliphatic rings. The maximum atomic E-state index is 13.5. The summed E-state index contributed by atoms with van der Waals surface area (Å²) in [6, 6.07) is 5.35. The number of nitrogens with two attached hydrogens (primary N) is 1. The van der Waals surface area contributed by atoms with Crippen LogP contribution in [0.5, 0.6) is 0 Å². The number of piperazine rings is 1. The van der Waals surface area contributed by atoms with Crippen molar-refractivity contribution in [2.45, 2.75) is 19.1 Å². The summed E-state index contributed by atoms with van der Waals surface area (Å²) in [5.41, 5.74) is 8.32. The highest BCUT2D eigenvalue weighted by molar-refractivity contribution is 5.54. The molecule has 4 heterocycles. The summed E-state index contributed by atoms with van der Waals surface area (Å²) in [5, 5.41) is 24.2. The molecule has 10 nitrogen and oxygen atoms in total. The first kappa shape index (κ1) is 25.1. The maximum absolute atomic E-state index is 13.5. The second-order valence-electron chi connectivity index (χ2n) is 9.40. The second kappa shape index (κ2) is 10.4. The van der Waals surface area contributed by atoms with Gasteiger partial charge in [-0.3, -0.25) is 4.90 Å². The van der Waals surface area contributed by atoms with E-state index < -0.39 is 23.8 Å². The van der Waals surface area contributed by atoms with Gasteiger partial charge in [-0.1, -0.05) is 12.2 Å². The van der Waals surface area contributed by atoms with Crippen LogP contribution in [-0.4, -0.2) is 92.9 Å². The van der Waals surface area contributed by atoms with Crippen molar-refractivity contribution < 1.29 is 19.0 Å². The highest BCUT2D eigenvalue weighted by Crippen LogP contribution is 2.23. The van der Waals surface area contributed by atoms with E-state index in [4.69, 9.17) is 5.73 Å². The molecule has 0 spiro atoms. The summed E-state index contributed by atoms with van der Waals surface area (Å²) in [5.74, 6) is -0.0299. The summed E-state index contributed by atoms with van der Waals surface area (Å²) in [4.78, 5) is 14.6. The van der Waals surface area contributed by atoms with E-state index in [1.165, 1.54) is 12.1 Å². The Labute approximate surface area is 213 Å². The van der Waals surface area contributed by atoms with Gasteiger partial charge in [0.25, 0.3) is 0 Å². The van der Waals surface area contributed by atoms with Gasteiger partial charge in [-0.15, -0.1) is 0 Å². The summed E-state index contributed by atoms with van der Waals surface area (Å²) in [6.45, 7) is 6.14. The molecule has 2 atom stereocenters. The average Bonchev–Trinajstić information content (AvgIpc) is 3.40. The molecule has 2 aromatic heterocycles. The van der Waals surface area contributed by atoms with E-state index in [1.54, 1.807) is 21.8 Å². The lowest BCUT2D eigenvalue weighted by Gasteiger charge is -2.35. The Hall–Kier alpha value is -3.61. The van der Waals surface area contributed by atoms with Crippen molar-refractivity contribution >= 4 is 23.5 Å². The molecule has 37 heavy (non-hydrogen) atoms. The average molecular weight is 513 g/mol. The summed E-state index contributed by atoms with van der Waals surface area (Å²) < 4.78 is 28.8. The van der Waals surface area contributed by atoms with Crippen LogP contribution in [0.15, 0.2) is 36.5 Å². The number of aromatic nitrogens is 4. The zero-order chi connectivity index (χ0) is 26.1. The number of hydrogen-bond acceptors (Lipinski definition) is 9. The van der Waals surface area contributed by atoms with Gasteiger partial charge >= 0.3 is 0 Å². The van der Waals surface area contributed by atoms with Gasteiger partial charge in [-0.05, 0) is 19.1 Å². The van der Waals surface area contributed by atoms with Crippen molar-refractivity contribution in [1.82, 2.24) is 24.6 Å². The van der Waals surface area contributed by atoms with Gasteiger partial charge < -0.3 is 25.7 Å². The van der Waals surface area contributed by atoms with Crippen LogP contribution in [0.25, 0.3) is 11.9 Å². The molecule has 5 rings (SSSR count). The fraction of sp³-hybridized carbons (Fsp3) is 0.400. The van der Waals surface area contributed by atoms with E-state index >= 15 is 0 Å².